The van der Waals surface area contributed by atoms with Crippen LogP contribution in [0.1, 0.15) is 69.2 Å². The number of hydrogen-bond donors (Lipinski definition) is 2. The van der Waals surface area contributed by atoms with Crippen LogP contribution in [0, 0.1) is 26.7 Å². The van der Waals surface area contributed by atoms with Crippen LogP contribution < -0.4 is 0 Å². The molecule has 0 fully saturated rings. The third kappa shape index (κ3) is 21.5. The van der Waals surface area contributed by atoms with E-state index in [4.69, 9.17) is 19.8 Å². The number of aliphatic carboxylic acids is 2. The fourth-order valence-electron chi connectivity index (χ4n) is 3.58. The van der Waals surface area contributed by atoms with Gasteiger partial charge in [0.1, 0.15) is 0 Å². The summed E-state index contributed by atoms with van der Waals surface area (Å²) in [7, 11) is 0. The molecule has 12 nitrogen and oxygen atoms in total. The topological polar surface area (TPSA) is 101 Å². The van der Waals surface area contributed by atoms with Crippen LogP contribution in [-0.2, 0) is 45.1 Å². The van der Waals surface area contributed by atoms with Gasteiger partial charge < -0.3 is 49.4 Å². The van der Waals surface area contributed by atoms with Crippen LogP contribution in [0.25, 0.3) is 0 Å². The Morgan fingerprint density at radius 3 is 0.804 bits per heavy atom. The van der Waals surface area contributed by atoms with Crippen LogP contribution in [-0.4, -0.2) is 98.9 Å². The average Bonchev–Trinajstić information content (AvgIpc) is 3.72. The predicted molar refractivity (Wildman–Crippen MR) is 183 cm³/mol. The Balaban J connectivity index is 0. The van der Waals surface area contributed by atoms with Crippen molar-refractivity contribution in [2.45, 2.75) is 93.4 Å². The number of halogens is 2. The molecule has 0 radical (unpaired) electrons. The first-order chi connectivity index (χ1) is 21.0. The molecule has 0 unspecified atom stereocenters. The van der Waals surface area contributed by atoms with E-state index in [2.05, 4.69) is 197 Å². The minimum atomic E-state index is -0.833. The second-order valence-electron chi connectivity index (χ2n) is 11.2. The van der Waals surface area contributed by atoms with Gasteiger partial charge in [-0.1, -0.05) is 0 Å². The Hall–Kier alpha value is -1.36. The van der Waals surface area contributed by atoms with Gasteiger partial charge >= 0.3 is 62.1 Å². The van der Waals surface area contributed by atoms with Crippen LogP contribution in [0.5, 0.6) is 0 Å². The summed E-state index contributed by atoms with van der Waals surface area (Å²) in [6, 6.07) is 2.06. The van der Waals surface area contributed by atoms with Crippen molar-refractivity contribution in [2.75, 3.05) is 13.3 Å². The van der Waals surface area contributed by atoms with Gasteiger partial charge in [0.05, 0.1) is 0 Å². The van der Waals surface area contributed by atoms with Crippen molar-refractivity contribution < 1.29 is 55.3 Å². The van der Waals surface area contributed by atoms with E-state index in [9.17, 15) is 0 Å². The van der Waals surface area contributed by atoms with Crippen molar-refractivity contribution in [1.82, 2.24) is 39.2 Å². The van der Waals surface area contributed by atoms with E-state index in [1.165, 1.54) is 0 Å². The van der Waals surface area contributed by atoms with Gasteiger partial charge in [-0.05, 0) is 129 Å². The van der Waals surface area contributed by atoms with Crippen molar-refractivity contribution >= 4 is 38.5 Å². The van der Waals surface area contributed by atoms with E-state index in [0.29, 0.717) is 24.2 Å². The Bertz CT molecular complexity index is 831. The first-order valence-corrected chi connectivity index (χ1v) is 24.4. The quantitative estimate of drug-likeness (QED) is 0.270. The molecule has 0 aromatic carbocycles. The second-order valence-corrected chi connectivity index (χ2v) is 21.2. The van der Waals surface area contributed by atoms with Gasteiger partial charge in [-0.15, -0.1) is 0 Å². The zero-order chi connectivity index (χ0) is 34.7. The van der Waals surface area contributed by atoms with Crippen molar-refractivity contribution in [3.8, 4) is 0 Å². The van der Waals surface area contributed by atoms with Gasteiger partial charge in [-0.3, -0.25) is 9.59 Å². The number of hydrogen-bond acceptors (Lipinski definition) is 10. The molecule has 2 N–H and O–H groups in total. The Labute approximate surface area is 313 Å². The zero-order valence-electron chi connectivity index (χ0n) is 28.3. The predicted octanol–water partition coefficient (Wildman–Crippen LogP) is 6.22. The Morgan fingerprint density at radius 2 is 0.696 bits per heavy atom. The number of carboxylic acid groups (broad SMARTS) is 2. The summed E-state index contributed by atoms with van der Waals surface area (Å²) in [5.41, 5.74) is 0. The fraction of sp³-hybridized carbons (Fsp3) is 0.533. The van der Waals surface area contributed by atoms with Gasteiger partial charge in [-0.25, -0.2) is 0 Å². The van der Waals surface area contributed by atoms with Gasteiger partial charge in [0.2, 0.25) is 0 Å². The SMILES string of the molecule is CC(=O)O.CC(=O)O.CC(C)N1C=CN(CN2C=CN(C(C)C)[CH-]2)[CH-]1.CC(C)N1C=CN(CN2C=CN(C(C)C)[CH-]2)[CH-]1.[Br][Pt+2][Br].[Pt+2]. The maximum absolute atomic E-state index is 9.00. The van der Waals surface area contributed by atoms with Crippen LogP contribution in [0.3, 0.4) is 0 Å². The smallest absolute Gasteiger partial charge is 2.00 e. The van der Waals surface area contributed by atoms with E-state index in [1.807, 2.05) is 0 Å². The standard InChI is InChI=1S/2C13H22N4.2C2H4O2.2BrH.2Pt/c2*1-12(2)16-7-5-14(10-16)9-15-6-8-17(11-15)13(3)4;2*1-2(3)4;;;;/h2*5-8,10-13H,9H2,1-4H3;2*1H3,(H,3,4);2*1H;;/q2*-2;;;;;+2;+4/p-2. The normalized spacial score (nSPS) is 16.1. The van der Waals surface area contributed by atoms with E-state index < -0.39 is 11.9 Å². The molecule has 0 atom stereocenters. The van der Waals surface area contributed by atoms with Gasteiger partial charge in [-0.2, -0.15) is 26.7 Å². The summed E-state index contributed by atoms with van der Waals surface area (Å²) in [4.78, 5) is 35.6. The molecule has 0 aromatic rings. The molecule has 0 aliphatic carbocycles. The molecule has 0 spiro atoms. The molecule has 0 amide bonds. The summed E-state index contributed by atoms with van der Waals surface area (Å²) in [5, 5.41) is 14.8. The van der Waals surface area contributed by atoms with Crippen molar-refractivity contribution in [1.29, 1.82) is 0 Å². The van der Waals surface area contributed by atoms with Crippen LogP contribution in [0.4, 0.5) is 0 Å². The zero-order valence-corrected chi connectivity index (χ0v) is 36.0. The molecule has 16 heteroatoms. The van der Waals surface area contributed by atoms with Crippen molar-refractivity contribution in [2.24, 2.45) is 0 Å². The number of rotatable bonds is 8. The molecular weight excluding hydrogens is 1090 g/mol. The van der Waals surface area contributed by atoms with Crippen LogP contribution in [0.15, 0.2) is 49.6 Å². The van der Waals surface area contributed by atoms with Gasteiger partial charge in [0, 0.05) is 27.2 Å². The van der Waals surface area contributed by atoms with Gasteiger partial charge in [0.25, 0.3) is 11.9 Å². The summed E-state index contributed by atoms with van der Waals surface area (Å²) in [6.07, 6.45) is 16.9. The molecule has 46 heavy (non-hydrogen) atoms. The fourth-order valence-corrected chi connectivity index (χ4v) is 3.58. The molecule has 0 saturated heterocycles. The Kier molecular flexibility index (Phi) is 26.0. The molecule has 0 aromatic heterocycles. The monoisotopic (exact) mass is 1140 g/mol. The van der Waals surface area contributed by atoms with Crippen molar-refractivity contribution in [3.63, 3.8) is 0 Å². The van der Waals surface area contributed by atoms with Crippen LogP contribution in [0.2, 0.25) is 0 Å². The second kappa shape index (κ2) is 25.6. The maximum Gasteiger partial charge on any atom is 2.00 e. The van der Waals surface area contributed by atoms with E-state index in [1.54, 1.807) is 0 Å². The molecule has 4 aliphatic heterocycles. The van der Waals surface area contributed by atoms with Crippen LogP contribution >= 0.6 is 26.6 Å². The largest absolute Gasteiger partial charge is 2.00 e. The molecule has 0 bridgehead atoms. The summed E-state index contributed by atoms with van der Waals surface area (Å²) in [5.74, 6) is -1.67. The summed E-state index contributed by atoms with van der Waals surface area (Å²) < 4.78 is 0. The Morgan fingerprint density at radius 1 is 0.543 bits per heavy atom. The average molecular weight is 1140 g/mol. The third-order valence-corrected chi connectivity index (χ3v) is 5.89. The number of carboxylic acids is 2. The minimum Gasteiger partial charge on any atom is 2.00 e. The molecule has 270 valence electrons. The summed E-state index contributed by atoms with van der Waals surface area (Å²) in [6.45, 7) is 30.0. The van der Waals surface area contributed by atoms with E-state index in [0.717, 1.165) is 27.2 Å². The number of carbonyl (C=O) groups is 2. The minimum absolute atomic E-state index is 0. The van der Waals surface area contributed by atoms with Crippen molar-refractivity contribution in [3.05, 3.63) is 76.3 Å². The van der Waals surface area contributed by atoms with Gasteiger partial charge in [0.15, 0.2) is 0 Å². The number of nitrogens with zero attached hydrogens (tertiary/aromatic N) is 8. The molecular formula is C30H52Br2N8O4Pt2. The maximum atomic E-state index is 9.00. The molecule has 4 rings (SSSR count). The first kappa shape index (κ1) is 46.8. The van der Waals surface area contributed by atoms with E-state index in [-0.39, 0.29) is 35.5 Å². The summed E-state index contributed by atoms with van der Waals surface area (Å²) >= 11 is 6.56. The molecule has 4 heterocycles. The first-order valence-electron chi connectivity index (χ1n) is 14.5. The molecule has 0 saturated carbocycles. The third-order valence-electron chi connectivity index (χ3n) is 5.89. The molecule has 4 aliphatic rings. The van der Waals surface area contributed by atoms with E-state index >= 15 is 0 Å².